The molecule has 2 heteroatoms. The van der Waals surface area contributed by atoms with Gasteiger partial charge < -0.3 is 5.32 Å². The third kappa shape index (κ3) is 6.19. The van der Waals surface area contributed by atoms with Gasteiger partial charge in [0.05, 0.1) is 0 Å². The molecule has 120 valence electrons. The van der Waals surface area contributed by atoms with Crippen LogP contribution in [0, 0.1) is 5.41 Å². The number of hydrogen-bond acceptors (Lipinski definition) is 2. The lowest BCUT2D eigenvalue weighted by Gasteiger charge is -2.39. The summed E-state index contributed by atoms with van der Waals surface area (Å²) >= 11 is 0. The van der Waals surface area contributed by atoms with Gasteiger partial charge in [0.1, 0.15) is 0 Å². The molecule has 0 fully saturated rings. The zero-order chi connectivity index (χ0) is 15.9. The van der Waals surface area contributed by atoms with Crippen LogP contribution in [0.3, 0.4) is 0 Å². The molecule has 1 unspecified atom stereocenters. The molecule has 0 saturated carbocycles. The maximum absolute atomic E-state index is 3.65. The third-order valence-electron chi connectivity index (χ3n) is 4.44. The van der Waals surface area contributed by atoms with Gasteiger partial charge in [-0.3, -0.25) is 4.90 Å². The first-order chi connectivity index (χ1) is 9.86. The fourth-order valence-corrected chi connectivity index (χ4v) is 2.54. The predicted molar refractivity (Wildman–Crippen MR) is 93.5 cm³/mol. The molecule has 21 heavy (non-hydrogen) atoms. The fourth-order valence-electron chi connectivity index (χ4n) is 2.54. The first kappa shape index (κ1) is 18.2. The van der Waals surface area contributed by atoms with Crippen LogP contribution < -0.4 is 5.32 Å². The molecule has 1 aromatic rings. The van der Waals surface area contributed by atoms with Crippen molar-refractivity contribution >= 4 is 0 Å². The second-order valence-corrected chi connectivity index (χ2v) is 7.15. The van der Waals surface area contributed by atoms with Crippen LogP contribution >= 0.6 is 0 Å². The number of nitrogens with zero attached hydrogens (tertiary/aromatic N) is 1. The van der Waals surface area contributed by atoms with E-state index in [1.165, 1.54) is 12.0 Å². The van der Waals surface area contributed by atoms with Gasteiger partial charge in [0, 0.05) is 25.2 Å². The van der Waals surface area contributed by atoms with Crippen molar-refractivity contribution in [2.45, 2.75) is 66.6 Å². The molecule has 1 aromatic carbocycles. The summed E-state index contributed by atoms with van der Waals surface area (Å²) in [6, 6.07) is 11.9. The van der Waals surface area contributed by atoms with Crippen LogP contribution in [0.4, 0.5) is 0 Å². The predicted octanol–water partition coefficient (Wildman–Crippen LogP) is 4.31. The van der Waals surface area contributed by atoms with E-state index < -0.39 is 0 Å². The van der Waals surface area contributed by atoms with Crippen molar-refractivity contribution in [3.05, 3.63) is 35.9 Å². The van der Waals surface area contributed by atoms with E-state index in [1.54, 1.807) is 0 Å². The average Bonchev–Trinajstić information content (AvgIpc) is 2.44. The standard InChI is InChI=1S/C19H34N2/c1-7-13-20-17(4)19(5,6)15-21(16(2)3)14-18-11-9-8-10-12-18/h8-12,16-17,20H,7,13-15H2,1-6H3. The summed E-state index contributed by atoms with van der Waals surface area (Å²) < 4.78 is 0. The Balaban J connectivity index is 2.68. The Morgan fingerprint density at radius 1 is 1.10 bits per heavy atom. The van der Waals surface area contributed by atoms with E-state index in [0.717, 1.165) is 19.6 Å². The molecule has 2 nitrogen and oxygen atoms in total. The Morgan fingerprint density at radius 3 is 2.24 bits per heavy atom. The van der Waals surface area contributed by atoms with E-state index in [0.29, 0.717) is 12.1 Å². The van der Waals surface area contributed by atoms with Crippen LogP contribution in [0.25, 0.3) is 0 Å². The summed E-state index contributed by atoms with van der Waals surface area (Å²) in [5.41, 5.74) is 1.66. The molecule has 0 spiro atoms. The molecule has 0 heterocycles. The van der Waals surface area contributed by atoms with Crippen LogP contribution in [-0.2, 0) is 6.54 Å². The summed E-state index contributed by atoms with van der Waals surface area (Å²) in [4.78, 5) is 2.58. The van der Waals surface area contributed by atoms with Crippen molar-refractivity contribution in [3.8, 4) is 0 Å². The Labute approximate surface area is 131 Å². The summed E-state index contributed by atoms with van der Waals surface area (Å²) in [5, 5.41) is 3.65. The number of nitrogens with one attached hydrogen (secondary N) is 1. The summed E-state index contributed by atoms with van der Waals surface area (Å²) in [6.07, 6.45) is 1.19. The van der Waals surface area contributed by atoms with Gasteiger partial charge in [0.25, 0.3) is 0 Å². The van der Waals surface area contributed by atoms with Crippen molar-refractivity contribution in [1.29, 1.82) is 0 Å². The molecular formula is C19H34N2. The van der Waals surface area contributed by atoms with E-state index >= 15 is 0 Å². The fraction of sp³-hybridized carbons (Fsp3) is 0.684. The number of rotatable bonds is 9. The molecular weight excluding hydrogens is 256 g/mol. The van der Waals surface area contributed by atoms with Crippen molar-refractivity contribution in [3.63, 3.8) is 0 Å². The van der Waals surface area contributed by atoms with Gasteiger partial charge in [0.15, 0.2) is 0 Å². The van der Waals surface area contributed by atoms with Crippen LogP contribution in [-0.4, -0.2) is 30.1 Å². The molecule has 0 amide bonds. The summed E-state index contributed by atoms with van der Waals surface area (Å²) in [5.74, 6) is 0. The zero-order valence-electron chi connectivity index (χ0n) is 14.8. The van der Waals surface area contributed by atoms with Crippen molar-refractivity contribution < 1.29 is 0 Å². The second kappa shape index (κ2) is 8.55. The monoisotopic (exact) mass is 290 g/mol. The number of benzene rings is 1. The SMILES string of the molecule is CCCNC(C)C(C)(C)CN(Cc1ccccc1)C(C)C. The third-order valence-corrected chi connectivity index (χ3v) is 4.44. The van der Waals surface area contributed by atoms with E-state index in [-0.39, 0.29) is 5.41 Å². The highest BCUT2D eigenvalue weighted by Gasteiger charge is 2.28. The normalized spacial score (nSPS) is 13.9. The zero-order valence-corrected chi connectivity index (χ0v) is 14.8. The van der Waals surface area contributed by atoms with Gasteiger partial charge >= 0.3 is 0 Å². The quantitative estimate of drug-likeness (QED) is 0.729. The lowest BCUT2D eigenvalue weighted by Crippen LogP contribution is -2.48. The molecule has 0 radical (unpaired) electrons. The topological polar surface area (TPSA) is 15.3 Å². The number of hydrogen-bond donors (Lipinski definition) is 1. The summed E-state index contributed by atoms with van der Waals surface area (Å²) in [6.45, 7) is 17.1. The Kier molecular flexibility index (Phi) is 7.41. The van der Waals surface area contributed by atoms with Gasteiger partial charge in [-0.25, -0.2) is 0 Å². The average molecular weight is 290 g/mol. The Bertz CT molecular complexity index is 384. The van der Waals surface area contributed by atoms with Gasteiger partial charge in [-0.15, -0.1) is 0 Å². The molecule has 0 bridgehead atoms. The lowest BCUT2D eigenvalue weighted by molar-refractivity contribution is 0.111. The van der Waals surface area contributed by atoms with E-state index in [1.807, 2.05) is 0 Å². The second-order valence-electron chi connectivity index (χ2n) is 7.15. The molecule has 1 atom stereocenters. The smallest absolute Gasteiger partial charge is 0.0236 e. The van der Waals surface area contributed by atoms with Crippen LogP contribution in [0.5, 0.6) is 0 Å². The summed E-state index contributed by atoms with van der Waals surface area (Å²) in [7, 11) is 0. The van der Waals surface area contributed by atoms with Crippen LogP contribution in [0.2, 0.25) is 0 Å². The highest BCUT2D eigenvalue weighted by molar-refractivity contribution is 5.14. The van der Waals surface area contributed by atoms with Crippen molar-refractivity contribution in [2.24, 2.45) is 5.41 Å². The molecule has 0 aliphatic heterocycles. The highest BCUT2D eigenvalue weighted by Crippen LogP contribution is 2.24. The van der Waals surface area contributed by atoms with E-state index in [4.69, 9.17) is 0 Å². The molecule has 1 N–H and O–H groups in total. The molecule has 1 rings (SSSR count). The molecule has 0 aromatic heterocycles. The van der Waals surface area contributed by atoms with Crippen molar-refractivity contribution in [2.75, 3.05) is 13.1 Å². The molecule has 0 aliphatic rings. The minimum atomic E-state index is 0.258. The first-order valence-electron chi connectivity index (χ1n) is 8.38. The van der Waals surface area contributed by atoms with E-state index in [2.05, 4.69) is 82.1 Å². The molecule has 0 saturated heterocycles. The van der Waals surface area contributed by atoms with Crippen molar-refractivity contribution in [1.82, 2.24) is 10.2 Å². The maximum atomic E-state index is 3.65. The minimum Gasteiger partial charge on any atom is -0.314 e. The van der Waals surface area contributed by atoms with Gasteiger partial charge in [-0.05, 0) is 44.7 Å². The Hall–Kier alpha value is -0.860. The Morgan fingerprint density at radius 2 is 1.71 bits per heavy atom. The van der Waals surface area contributed by atoms with Crippen LogP contribution in [0.15, 0.2) is 30.3 Å². The van der Waals surface area contributed by atoms with Crippen LogP contribution in [0.1, 0.15) is 53.5 Å². The highest BCUT2D eigenvalue weighted by atomic mass is 15.2. The van der Waals surface area contributed by atoms with Gasteiger partial charge in [-0.2, -0.15) is 0 Å². The van der Waals surface area contributed by atoms with E-state index in [9.17, 15) is 0 Å². The first-order valence-corrected chi connectivity index (χ1v) is 8.38. The molecule has 0 aliphatic carbocycles. The maximum Gasteiger partial charge on any atom is 0.0236 e. The van der Waals surface area contributed by atoms with Gasteiger partial charge in [-0.1, -0.05) is 51.1 Å². The largest absolute Gasteiger partial charge is 0.314 e. The minimum absolute atomic E-state index is 0.258. The van der Waals surface area contributed by atoms with Gasteiger partial charge in [0.2, 0.25) is 0 Å². The lowest BCUT2D eigenvalue weighted by atomic mass is 9.84.